The van der Waals surface area contributed by atoms with Crippen LogP contribution in [0.3, 0.4) is 0 Å². The van der Waals surface area contributed by atoms with Crippen molar-refractivity contribution in [1.29, 1.82) is 0 Å². The summed E-state index contributed by atoms with van der Waals surface area (Å²) in [6.45, 7) is 0. The summed E-state index contributed by atoms with van der Waals surface area (Å²) in [6.07, 6.45) is 3.59. The van der Waals surface area contributed by atoms with Crippen LogP contribution in [-0.4, -0.2) is 30.0 Å². The molecule has 1 aliphatic rings. The fraction of sp³-hybridized carbons (Fsp3) is 0.500. The maximum absolute atomic E-state index is 12.8. The zero-order valence-electron chi connectivity index (χ0n) is 11.0. The average Bonchev–Trinajstić information content (AvgIpc) is 2.46. The molecule has 1 aromatic rings. The topological polar surface area (TPSA) is 55.6 Å². The summed E-state index contributed by atoms with van der Waals surface area (Å²) in [5.74, 6) is 4.77. The molecule has 0 saturated heterocycles. The number of benzene rings is 1. The second kappa shape index (κ2) is 6.12. The van der Waals surface area contributed by atoms with E-state index in [1.165, 1.54) is 24.3 Å². The lowest BCUT2D eigenvalue weighted by atomic mass is 9.92. The lowest BCUT2D eigenvalue weighted by molar-refractivity contribution is 0.00993. The van der Waals surface area contributed by atoms with Gasteiger partial charge in [0.05, 0.1) is 6.10 Å². The highest BCUT2D eigenvalue weighted by Crippen LogP contribution is 2.24. The minimum atomic E-state index is -0.334. The van der Waals surface area contributed by atoms with Crippen molar-refractivity contribution in [3.05, 3.63) is 35.6 Å². The second-order valence-electron chi connectivity index (χ2n) is 4.99. The molecule has 0 spiro atoms. The van der Waals surface area contributed by atoms with Crippen LogP contribution in [0.2, 0.25) is 0 Å². The summed E-state index contributed by atoms with van der Waals surface area (Å²) in [5.41, 5.74) is 0.515. The number of rotatable bonds is 3. The van der Waals surface area contributed by atoms with Crippen LogP contribution < -0.4 is 5.90 Å². The van der Waals surface area contributed by atoms with E-state index in [4.69, 9.17) is 10.7 Å². The molecule has 19 heavy (non-hydrogen) atoms. The Morgan fingerprint density at radius 1 is 1.26 bits per heavy atom. The highest BCUT2D eigenvalue weighted by molar-refractivity contribution is 5.94. The summed E-state index contributed by atoms with van der Waals surface area (Å²) < 4.78 is 12.8. The molecule has 0 aliphatic heterocycles. The first-order valence-electron chi connectivity index (χ1n) is 6.50. The number of carbonyl (C=O) groups is 1. The van der Waals surface area contributed by atoms with E-state index >= 15 is 0 Å². The largest absolute Gasteiger partial charge is 0.339 e. The first kappa shape index (κ1) is 14.0. The van der Waals surface area contributed by atoms with E-state index in [1.54, 1.807) is 11.9 Å². The molecule has 0 radical (unpaired) electrons. The zero-order chi connectivity index (χ0) is 13.8. The highest BCUT2D eigenvalue weighted by atomic mass is 19.1. The fourth-order valence-corrected chi connectivity index (χ4v) is 2.53. The molecule has 0 unspecified atom stereocenters. The van der Waals surface area contributed by atoms with E-state index in [-0.39, 0.29) is 23.9 Å². The minimum absolute atomic E-state index is 0.0721. The number of hydrogen-bond donors (Lipinski definition) is 1. The van der Waals surface area contributed by atoms with Crippen molar-refractivity contribution >= 4 is 5.91 Å². The quantitative estimate of drug-likeness (QED) is 0.852. The molecule has 104 valence electrons. The van der Waals surface area contributed by atoms with Crippen molar-refractivity contribution in [2.45, 2.75) is 37.8 Å². The van der Waals surface area contributed by atoms with Crippen LogP contribution in [0.4, 0.5) is 4.39 Å². The summed E-state index contributed by atoms with van der Waals surface area (Å²) >= 11 is 0. The number of amides is 1. The Morgan fingerprint density at radius 2 is 1.84 bits per heavy atom. The summed E-state index contributed by atoms with van der Waals surface area (Å²) in [6, 6.07) is 5.84. The van der Waals surface area contributed by atoms with E-state index in [1.807, 2.05) is 0 Å². The van der Waals surface area contributed by atoms with Gasteiger partial charge in [-0.05, 0) is 49.9 Å². The third-order valence-corrected chi connectivity index (χ3v) is 3.80. The van der Waals surface area contributed by atoms with Crippen LogP contribution in [0.15, 0.2) is 24.3 Å². The smallest absolute Gasteiger partial charge is 0.253 e. The van der Waals surface area contributed by atoms with Gasteiger partial charge in [0.15, 0.2) is 0 Å². The molecule has 2 rings (SSSR count). The summed E-state index contributed by atoms with van der Waals surface area (Å²) in [5, 5.41) is 0. The van der Waals surface area contributed by atoms with Gasteiger partial charge in [-0.25, -0.2) is 10.3 Å². The predicted molar refractivity (Wildman–Crippen MR) is 69.8 cm³/mol. The second-order valence-corrected chi connectivity index (χ2v) is 4.99. The van der Waals surface area contributed by atoms with Gasteiger partial charge in [-0.3, -0.25) is 4.79 Å². The molecular formula is C14H19FN2O2. The molecule has 1 fully saturated rings. The predicted octanol–water partition coefficient (Wildman–Crippen LogP) is 2.10. The van der Waals surface area contributed by atoms with Crippen molar-refractivity contribution in [2.24, 2.45) is 5.90 Å². The number of hydrogen-bond acceptors (Lipinski definition) is 3. The Morgan fingerprint density at radius 3 is 2.37 bits per heavy atom. The highest BCUT2D eigenvalue weighted by Gasteiger charge is 2.27. The lowest BCUT2D eigenvalue weighted by Gasteiger charge is -2.33. The van der Waals surface area contributed by atoms with E-state index in [9.17, 15) is 9.18 Å². The number of nitrogens with zero attached hydrogens (tertiary/aromatic N) is 1. The SMILES string of the molecule is CN(C(=O)c1ccc(F)cc1)C1CCC(ON)CC1. The van der Waals surface area contributed by atoms with Crippen molar-refractivity contribution in [3.63, 3.8) is 0 Å². The van der Waals surface area contributed by atoms with Crippen molar-refractivity contribution in [3.8, 4) is 0 Å². The van der Waals surface area contributed by atoms with Gasteiger partial charge < -0.3 is 9.74 Å². The number of nitrogens with two attached hydrogens (primary N) is 1. The molecule has 1 aromatic carbocycles. The van der Waals surface area contributed by atoms with E-state index in [2.05, 4.69) is 0 Å². The Bertz CT molecular complexity index is 428. The molecule has 1 aliphatic carbocycles. The van der Waals surface area contributed by atoms with Crippen LogP contribution in [0.5, 0.6) is 0 Å². The summed E-state index contributed by atoms with van der Waals surface area (Å²) in [7, 11) is 1.79. The lowest BCUT2D eigenvalue weighted by Crippen LogP contribution is -2.41. The minimum Gasteiger partial charge on any atom is -0.339 e. The standard InChI is InChI=1S/C14H19FN2O2/c1-17(12-6-8-13(19-16)9-7-12)14(18)10-2-4-11(15)5-3-10/h2-5,12-13H,6-9,16H2,1H3. The van der Waals surface area contributed by atoms with Gasteiger partial charge in [-0.2, -0.15) is 0 Å². The first-order chi connectivity index (χ1) is 9.11. The van der Waals surface area contributed by atoms with Gasteiger partial charge in [0.25, 0.3) is 5.91 Å². The van der Waals surface area contributed by atoms with E-state index in [0.717, 1.165) is 25.7 Å². The average molecular weight is 266 g/mol. The van der Waals surface area contributed by atoms with Crippen LogP contribution in [0.1, 0.15) is 36.0 Å². The monoisotopic (exact) mass is 266 g/mol. The third-order valence-electron chi connectivity index (χ3n) is 3.80. The Balaban J connectivity index is 1.98. The van der Waals surface area contributed by atoms with Gasteiger partial charge in [0, 0.05) is 18.7 Å². The molecule has 0 aromatic heterocycles. The fourth-order valence-electron chi connectivity index (χ4n) is 2.53. The number of carbonyl (C=O) groups excluding carboxylic acids is 1. The normalized spacial score (nSPS) is 23.1. The van der Waals surface area contributed by atoms with Crippen LogP contribution in [0.25, 0.3) is 0 Å². The van der Waals surface area contributed by atoms with E-state index < -0.39 is 0 Å². The van der Waals surface area contributed by atoms with Crippen molar-refractivity contribution in [2.75, 3.05) is 7.05 Å². The molecule has 2 N–H and O–H groups in total. The van der Waals surface area contributed by atoms with Gasteiger partial charge in [0.1, 0.15) is 5.82 Å². The van der Waals surface area contributed by atoms with Crippen molar-refractivity contribution < 1.29 is 14.0 Å². The Kier molecular flexibility index (Phi) is 4.50. The molecular weight excluding hydrogens is 247 g/mol. The Hall–Kier alpha value is -1.46. The first-order valence-corrected chi connectivity index (χ1v) is 6.50. The van der Waals surface area contributed by atoms with Crippen LogP contribution in [-0.2, 0) is 4.84 Å². The molecule has 4 nitrogen and oxygen atoms in total. The third kappa shape index (κ3) is 3.30. The molecule has 0 atom stereocenters. The van der Waals surface area contributed by atoms with Gasteiger partial charge in [0.2, 0.25) is 0 Å². The maximum Gasteiger partial charge on any atom is 0.253 e. The van der Waals surface area contributed by atoms with Gasteiger partial charge >= 0.3 is 0 Å². The molecule has 0 heterocycles. The molecule has 1 saturated carbocycles. The molecule has 1 amide bonds. The maximum atomic E-state index is 12.8. The van der Waals surface area contributed by atoms with Gasteiger partial charge in [-0.1, -0.05) is 0 Å². The van der Waals surface area contributed by atoms with Crippen LogP contribution >= 0.6 is 0 Å². The van der Waals surface area contributed by atoms with E-state index in [0.29, 0.717) is 5.56 Å². The van der Waals surface area contributed by atoms with Gasteiger partial charge in [-0.15, -0.1) is 0 Å². The molecule has 5 heteroatoms. The Labute approximate surface area is 112 Å². The molecule has 0 bridgehead atoms. The van der Waals surface area contributed by atoms with Crippen LogP contribution in [0, 0.1) is 5.82 Å². The summed E-state index contributed by atoms with van der Waals surface area (Å²) in [4.78, 5) is 18.8. The zero-order valence-corrected chi connectivity index (χ0v) is 11.0. The number of halogens is 1. The van der Waals surface area contributed by atoms with Crippen molar-refractivity contribution in [1.82, 2.24) is 4.90 Å².